The summed E-state index contributed by atoms with van der Waals surface area (Å²) in [7, 11) is 0. The van der Waals surface area contributed by atoms with Gasteiger partial charge >= 0.3 is 0 Å². The van der Waals surface area contributed by atoms with Gasteiger partial charge in [-0.2, -0.15) is 0 Å². The second kappa shape index (κ2) is 7.07. The molecule has 0 bridgehead atoms. The molecule has 23 heavy (non-hydrogen) atoms. The minimum Gasteiger partial charge on any atom is -0.487 e. The molecule has 3 aromatic rings. The Morgan fingerprint density at radius 1 is 1.13 bits per heavy atom. The van der Waals surface area contributed by atoms with Crippen LogP contribution in [0, 0.1) is 6.92 Å². The van der Waals surface area contributed by atoms with Gasteiger partial charge in [0.2, 0.25) is 0 Å². The molecular weight excluding hydrogens is 308 g/mol. The predicted molar refractivity (Wildman–Crippen MR) is 92.0 cm³/mol. The maximum atomic E-state index is 12.1. The normalized spacial score (nSPS) is 10.3. The van der Waals surface area contributed by atoms with E-state index in [1.807, 2.05) is 42.6 Å². The molecule has 1 N–H and O–H groups in total. The lowest BCUT2D eigenvalue weighted by atomic mass is 10.2. The molecule has 1 heterocycles. The molecule has 2 aromatic carbocycles. The summed E-state index contributed by atoms with van der Waals surface area (Å²) in [5, 5.41) is 5.86. The molecule has 0 saturated heterocycles. The molecule has 0 atom stereocenters. The van der Waals surface area contributed by atoms with Crippen LogP contribution in [-0.4, -0.2) is 10.9 Å². The van der Waals surface area contributed by atoms with Crippen LogP contribution in [0.4, 0.5) is 5.69 Å². The fourth-order valence-electron chi connectivity index (χ4n) is 2.06. The first kappa shape index (κ1) is 15.2. The summed E-state index contributed by atoms with van der Waals surface area (Å²) in [6, 6.07) is 16.5. The summed E-state index contributed by atoms with van der Waals surface area (Å²) >= 11 is 1.60. The minimum absolute atomic E-state index is 0.141. The van der Waals surface area contributed by atoms with E-state index in [-0.39, 0.29) is 5.91 Å². The summed E-state index contributed by atoms with van der Waals surface area (Å²) in [5.74, 6) is 0.574. The Bertz CT molecular complexity index is 782. The SMILES string of the molecule is Cc1nc(COc2ccc(C(=O)Nc3ccccc3)cc2)cs1. The van der Waals surface area contributed by atoms with Crippen molar-refractivity contribution in [3.05, 3.63) is 76.2 Å². The van der Waals surface area contributed by atoms with E-state index in [2.05, 4.69) is 10.3 Å². The molecule has 1 amide bonds. The Labute approximate surface area is 138 Å². The van der Waals surface area contributed by atoms with E-state index in [1.165, 1.54) is 0 Å². The number of anilines is 1. The molecule has 0 saturated carbocycles. The third-order valence-corrected chi connectivity index (χ3v) is 4.02. The maximum Gasteiger partial charge on any atom is 0.255 e. The molecule has 0 fully saturated rings. The maximum absolute atomic E-state index is 12.1. The first-order chi connectivity index (χ1) is 11.2. The zero-order valence-corrected chi connectivity index (χ0v) is 13.5. The number of aryl methyl sites for hydroxylation is 1. The Balaban J connectivity index is 1.59. The number of para-hydroxylation sites is 1. The van der Waals surface area contributed by atoms with Crippen LogP contribution in [-0.2, 0) is 6.61 Å². The highest BCUT2D eigenvalue weighted by Crippen LogP contribution is 2.16. The van der Waals surface area contributed by atoms with E-state index in [9.17, 15) is 4.79 Å². The predicted octanol–water partition coefficient (Wildman–Crippen LogP) is 4.28. The lowest BCUT2D eigenvalue weighted by Gasteiger charge is -2.07. The highest BCUT2D eigenvalue weighted by Gasteiger charge is 2.06. The van der Waals surface area contributed by atoms with E-state index in [0.717, 1.165) is 16.4 Å². The second-order valence-corrected chi connectivity index (χ2v) is 6.05. The van der Waals surface area contributed by atoms with Crippen LogP contribution < -0.4 is 10.1 Å². The van der Waals surface area contributed by atoms with Gasteiger partial charge in [-0.3, -0.25) is 4.79 Å². The number of rotatable bonds is 5. The second-order valence-electron chi connectivity index (χ2n) is 4.99. The van der Waals surface area contributed by atoms with Crippen molar-refractivity contribution in [2.24, 2.45) is 0 Å². The van der Waals surface area contributed by atoms with Crippen LogP contribution >= 0.6 is 11.3 Å². The monoisotopic (exact) mass is 324 g/mol. The topological polar surface area (TPSA) is 51.2 Å². The van der Waals surface area contributed by atoms with Crippen molar-refractivity contribution in [3.8, 4) is 5.75 Å². The third kappa shape index (κ3) is 4.17. The number of benzene rings is 2. The Morgan fingerprint density at radius 2 is 1.87 bits per heavy atom. The summed E-state index contributed by atoms with van der Waals surface area (Å²) in [6.07, 6.45) is 0. The van der Waals surface area contributed by atoms with Crippen molar-refractivity contribution in [1.29, 1.82) is 0 Å². The van der Waals surface area contributed by atoms with E-state index in [4.69, 9.17) is 4.74 Å². The van der Waals surface area contributed by atoms with E-state index in [1.54, 1.807) is 35.6 Å². The molecule has 0 radical (unpaired) electrons. The number of nitrogens with one attached hydrogen (secondary N) is 1. The first-order valence-electron chi connectivity index (χ1n) is 7.21. The van der Waals surface area contributed by atoms with Gasteiger partial charge in [0, 0.05) is 16.6 Å². The molecule has 0 unspecified atom stereocenters. The highest BCUT2D eigenvalue weighted by molar-refractivity contribution is 7.09. The van der Waals surface area contributed by atoms with Gasteiger partial charge in [0.25, 0.3) is 5.91 Å². The zero-order valence-electron chi connectivity index (χ0n) is 12.7. The van der Waals surface area contributed by atoms with Crippen molar-refractivity contribution in [1.82, 2.24) is 4.98 Å². The first-order valence-corrected chi connectivity index (χ1v) is 8.09. The van der Waals surface area contributed by atoms with E-state index < -0.39 is 0 Å². The van der Waals surface area contributed by atoms with Crippen LogP contribution in [0.1, 0.15) is 21.1 Å². The van der Waals surface area contributed by atoms with Gasteiger partial charge in [-0.15, -0.1) is 11.3 Å². The third-order valence-electron chi connectivity index (χ3n) is 3.20. The van der Waals surface area contributed by atoms with Gasteiger partial charge in [0.05, 0.1) is 10.7 Å². The summed E-state index contributed by atoms with van der Waals surface area (Å²) in [5.41, 5.74) is 2.28. The number of aromatic nitrogens is 1. The van der Waals surface area contributed by atoms with Gasteiger partial charge in [0.15, 0.2) is 0 Å². The van der Waals surface area contributed by atoms with Crippen molar-refractivity contribution >= 4 is 22.9 Å². The molecule has 0 aliphatic carbocycles. The minimum atomic E-state index is -0.141. The largest absolute Gasteiger partial charge is 0.487 e. The molecule has 116 valence electrons. The average molecular weight is 324 g/mol. The van der Waals surface area contributed by atoms with Crippen molar-refractivity contribution in [2.45, 2.75) is 13.5 Å². The fourth-order valence-corrected chi connectivity index (χ4v) is 2.66. The van der Waals surface area contributed by atoms with Crippen molar-refractivity contribution in [2.75, 3.05) is 5.32 Å². The summed E-state index contributed by atoms with van der Waals surface area (Å²) in [6.45, 7) is 2.40. The molecule has 1 aromatic heterocycles. The molecule has 3 rings (SSSR count). The summed E-state index contributed by atoms with van der Waals surface area (Å²) in [4.78, 5) is 16.5. The van der Waals surface area contributed by atoms with Crippen molar-refractivity contribution in [3.63, 3.8) is 0 Å². The number of carbonyl (C=O) groups is 1. The standard InChI is InChI=1S/C18H16N2O2S/c1-13-19-16(12-23-13)11-22-17-9-7-14(8-10-17)18(21)20-15-5-3-2-4-6-15/h2-10,12H,11H2,1H3,(H,20,21). The average Bonchev–Trinajstić information content (AvgIpc) is 3.00. The number of nitrogens with zero attached hydrogens (tertiary/aromatic N) is 1. The zero-order chi connectivity index (χ0) is 16.1. The summed E-state index contributed by atoms with van der Waals surface area (Å²) < 4.78 is 5.67. The van der Waals surface area contributed by atoms with Gasteiger partial charge in [-0.05, 0) is 43.3 Å². The lowest BCUT2D eigenvalue weighted by Crippen LogP contribution is -2.11. The van der Waals surface area contributed by atoms with Gasteiger partial charge in [-0.1, -0.05) is 18.2 Å². The van der Waals surface area contributed by atoms with Crippen LogP contribution in [0.5, 0.6) is 5.75 Å². The Hall–Kier alpha value is -2.66. The Kier molecular flexibility index (Phi) is 4.68. The van der Waals surface area contributed by atoms with Crippen LogP contribution in [0.3, 0.4) is 0 Å². The lowest BCUT2D eigenvalue weighted by molar-refractivity contribution is 0.102. The number of ether oxygens (including phenoxy) is 1. The number of carbonyl (C=O) groups excluding carboxylic acids is 1. The number of hydrogen-bond acceptors (Lipinski definition) is 4. The van der Waals surface area contributed by atoms with Crippen LogP contribution in [0.15, 0.2) is 60.0 Å². The number of thiazole rings is 1. The van der Waals surface area contributed by atoms with Gasteiger partial charge in [0.1, 0.15) is 12.4 Å². The molecule has 0 aliphatic rings. The highest BCUT2D eigenvalue weighted by atomic mass is 32.1. The quantitative estimate of drug-likeness (QED) is 0.762. The van der Waals surface area contributed by atoms with E-state index in [0.29, 0.717) is 17.9 Å². The number of amides is 1. The fraction of sp³-hybridized carbons (Fsp3) is 0.111. The van der Waals surface area contributed by atoms with Crippen LogP contribution in [0.25, 0.3) is 0 Å². The van der Waals surface area contributed by atoms with Crippen LogP contribution in [0.2, 0.25) is 0 Å². The number of hydrogen-bond donors (Lipinski definition) is 1. The molecular formula is C18H16N2O2S. The van der Waals surface area contributed by atoms with E-state index >= 15 is 0 Å². The smallest absolute Gasteiger partial charge is 0.255 e. The van der Waals surface area contributed by atoms with Gasteiger partial charge in [-0.25, -0.2) is 4.98 Å². The molecule has 0 spiro atoms. The van der Waals surface area contributed by atoms with Crippen molar-refractivity contribution < 1.29 is 9.53 Å². The van der Waals surface area contributed by atoms with Gasteiger partial charge < -0.3 is 10.1 Å². The molecule has 4 nitrogen and oxygen atoms in total. The Morgan fingerprint density at radius 3 is 2.52 bits per heavy atom. The molecule has 0 aliphatic heterocycles. The molecule has 5 heteroatoms.